The number of aromatic nitrogens is 4. The fourth-order valence-electron chi connectivity index (χ4n) is 6.66. The van der Waals surface area contributed by atoms with E-state index >= 15 is 0 Å². The smallest absolute Gasteiger partial charge is 0.167 e. The van der Waals surface area contributed by atoms with Gasteiger partial charge in [0.1, 0.15) is 37.5 Å². The van der Waals surface area contributed by atoms with Crippen molar-refractivity contribution >= 4 is 25.1 Å². The van der Waals surface area contributed by atoms with Crippen molar-refractivity contribution in [2.24, 2.45) is 0 Å². The topological polar surface area (TPSA) is 111 Å². The van der Waals surface area contributed by atoms with Gasteiger partial charge in [0.15, 0.2) is 23.2 Å². The van der Waals surface area contributed by atoms with Gasteiger partial charge in [-0.25, -0.2) is 15.0 Å². The highest BCUT2D eigenvalue weighted by atomic mass is 28.3. The number of ether oxygens (including phenoxy) is 6. The second-order valence-electron chi connectivity index (χ2n) is 15.5. The highest BCUT2D eigenvalue weighted by molar-refractivity contribution is 6.76. The van der Waals surface area contributed by atoms with Crippen LogP contribution >= 0.6 is 0 Å². The lowest BCUT2D eigenvalue weighted by molar-refractivity contribution is -0.267. The molecule has 57 heavy (non-hydrogen) atoms. The van der Waals surface area contributed by atoms with Crippen molar-refractivity contribution in [2.75, 3.05) is 18.5 Å². The van der Waals surface area contributed by atoms with Crippen molar-refractivity contribution in [3.8, 4) is 0 Å². The summed E-state index contributed by atoms with van der Waals surface area (Å²) in [5, 5.41) is 3.57. The molecule has 6 aromatic rings. The third kappa shape index (κ3) is 11.6. The number of rotatable bonds is 20. The molecule has 1 aliphatic rings. The normalized spacial score (nSPS) is 19.8. The zero-order chi connectivity index (χ0) is 39.3. The van der Waals surface area contributed by atoms with Crippen molar-refractivity contribution in [1.82, 2.24) is 19.5 Å². The van der Waals surface area contributed by atoms with Crippen LogP contribution in [0.4, 0.5) is 5.82 Å². The first-order valence-electron chi connectivity index (χ1n) is 19.6. The quantitative estimate of drug-likeness (QED) is 0.0600. The van der Waals surface area contributed by atoms with E-state index in [4.69, 9.17) is 33.4 Å². The van der Waals surface area contributed by atoms with Gasteiger partial charge in [0.2, 0.25) is 0 Å². The van der Waals surface area contributed by atoms with Crippen molar-refractivity contribution in [3.05, 3.63) is 156 Å². The van der Waals surface area contributed by atoms with Crippen LogP contribution in [0.5, 0.6) is 0 Å². The summed E-state index contributed by atoms with van der Waals surface area (Å²) in [5.74, 6) is 0.508. The van der Waals surface area contributed by atoms with E-state index in [-0.39, 0.29) is 6.61 Å². The number of hydrogen-bond acceptors (Lipinski definition) is 10. The molecule has 0 aliphatic carbocycles. The number of nitrogens with zero attached hydrogens (tertiary/aromatic N) is 4. The molecule has 12 heteroatoms. The SMILES string of the molecule is C[Si](C)(C)CCOCn1cnc2c(N[C@@H]3O[C@H](COCc4ccccc4)[C@@H](OCc4ccccc4)[C@H](OCc4ccccc4)[C@H]3OCc3ccccc3)ncnc21. The van der Waals surface area contributed by atoms with Crippen molar-refractivity contribution < 1.29 is 28.4 Å². The van der Waals surface area contributed by atoms with E-state index < -0.39 is 38.7 Å². The van der Waals surface area contributed by atoms with Gasteiger partial charge in [-0.1, -0.05) is 141 Å². The molecule has 3 heterocycles. The van der Waals surface area contributed by atoms with Crippen LogP contribution in [0, 0.1) is 0 Å². The highest BCUT2D eigenvalue weighted by Crippen LogP contribution is 2.32. The zero-order valence-electron chi connectivity index (χ0n) is 33.0. The second-order valence-corrected chi connectivity index (χ2v) is 21.1. The van der Waals surface area contributed by atoms with E-state index in [0.717, 1.165) is 28.3 Å². The molecule has 2 aromatic heterocycles. The van der Waals surface area contributed by atoms with Crippen LogP contribution in [0.1, 0.15) is 22.3 Å². The van der Waals surface area contributed by atoms with Crippen LogP contribution in [0.3, 0.4) is 0 Å². The maximum Gasteiger partial charge on any atom is 0.167 e. The van der Waals surface area contributed by atoms with Crippen LogP contribution in [0.25, 0.3) is 11.2 Å². The van der Waals surface area contributed by atoms with Crippen molar-refractivity contribution in [2.45, 2.75) is 89.5 Å². The van der Waals surface area contributed by atoms with Gasteiger partial charge in [-0.2, -0.15) is 0 Å². The summed E-state index contributed by atoms with van der Waals surface area (Å²) >= 11 is 0. The Balaban J connectivity index is 1.21. The van der Waals surface area contributed by atoms with Crippen molar-refractivity contribution in [1.29, 1.82) is 0 Å². The standard InChI is InChI=1S/C45H53N5O6Si/c1-57(2,3)25-24-51-33-50-32-48-39-43(46-31-47-44(39)50)49-45-42(55-29-37-22-14-7-15-23-37)41(54-28-36-20-12-6-13-21-36)40(53-27-35-18-10-5-11-19-35)38(56-45)30-52-26-34-16-8-4-9-17-34/h4-23,31-32,38,40-42,45H,24-30,33H2,1-3H3,(H,46,47,49)/t38-,40-,41+,42-,45-/m1/s1. The predicted octanol–water partition coefficient (Wildman–Crippen LogP) is 8.25. The molecule has 0 spiro atoms. The minimum Gasteiger partial charge on any atom is -0.374 e. The summed E-state index contributed by atoms with van der Waals surface area (Å²) in [5.41, 5.74) is 5.40. The molecule has 1 aliphatic heterocycles. The molecule has 5 atom stereocenters. The number of hydrogen-bond donors (Lipinski definition) is 1. The molecule has 0 radical (unpaired) electrons. The Morgan fingerprint density at radius 2 is 1.14 bits per heavy atom. The molecule has 0 bridgehead atoms. The summed E-state index contributed by atoms with van der Waals surface area (Å²) in [4.78, 5) is 14.0. The lowest BCUT2D eigenvalue weighted by Gasteiger charge is -2.46. The Hall–Kier alpha value is -4.79. The molecule has 0 saturated carbocycles. The maximum atomic E-state index is 7.00. The first-order chi connectivity index (χ1) is 27.9. The van der Waals surface area contributed by atoms with E-state index in [1.54, 1.807) is 6.33 Å². The Morgan fingerprint density at radius 3 is 1.70 bits per heavy atom. The van der Waals surface area contributed by atoms with Gasteiger partial charge in [-0.3, -0.25) is 4.57 Å². The van der Waals surface area contributed by atoms with Crippen LogP contribution in [-0.2, 0) is 61.6 Å². The summed E-state index contributed by atoms with van der Waals surface area (Å²) in [6.45, 7) is 9.72. The summed E-state index contributed by atoms with van der Waals surface area (Å²) in [6, 6.07) is 41.5. The highest BCUT2D eigenvalue weighted by Gasteiger charge is 2.49. The molecular weight excluding hydrogens is 735 g/mol. The Kier molecular flexibility index (Phi) is 14.2. The minimum absolute atomic E-state index is 0.242. The van der Waals surface area contributed by atoms with Crippen LogP contribution in [0.2, 0.25) is 25.7 Å². The average Bonchev–Trinajstić information content (AvgIpc) is 3.66. The van der Waals surface area contributed by atoms with E-state index in [1.165, 1.54) is 6.33 Å². The number of imidazole rings is 1. The molecule has 7 rings (SSSR count). The summed E-state index contributed by atoms with van der Waals surface area (Å²) in [6.07, 6.45) is 0.157. The van der Waals surface area contributed by atoms with Gasteiger partial charge in [0.05, 0.1) is 39.4 Å². The lowest BCUT2D eigenvalue weighted by Crippen LogP contribution is -2.63. The first kappa shape index (κ1) is 40.4. The second kappa shape index (κ2) is 20.1. The molecular formula is C45H53N5O6Si. The molecule has 0 unspecified atom stereocenters. The van der Waals surface area contributed by atoms with Crippen LogP contribution in [0.15, 0.2) is 134 Å². The predicted molar refractivity (Wildman–Crippen MR) is 223 cm³/mol. The van der Waals surface area contributed by atoms with Gasteiger partial charge in [-0.15, -0.1) is 0 Å². The van der Waals surface area contributed by atoms with Crippen LogP contribution in [-0.4, -0.2) is 71.5 Å². The first-order valence-corrected chi connectivity index (χ1v) is 23.3. The van der Waals surface area contributed by atoms with Gasteiger partial charge in [0.25, 0.3) is 0 Å². The third-order valence-electron chi connectivity index (χ3n) is 9.79. The molecule has 298 valence electrons. The number of nitrogens with one attached hydrogen (secondary N) is 1. The van der Waals surface area contributed by atoms with E-state index in [1.807, 2.05) is 102 Å². The fourth-order valence-corrected chi connectivity index (χ4v) is 7.42. The monoisotopic (exact) mass is 787 g/mol. The Labute approximate surface area is 336 Å². The minimum atomic E-state index is -1.23. The maximum absolute atomic E-state index is 7.00. The number of anilines is 1. The zero-order valence-corrected chi connectivity index (χ0v) is 34.0. The largest absolute Gasteiger partial charge is 0.374 e. The van der Waals surface area contributed by atoms with Gasteiger partial charge >= 0.3 is 0 Å². The van der Waals surface area contributed by atoms with E-state index in [9.17, 15) is 0 Å². The van der Waals surface area contributed by atoms with Gasteiger partial charge < -0.3 is 33.7 Å². The summed E-state index contributed by atoms with van der Waals surface area (Å²) < 4.78 is 41.9. The molecule has 1 N–H and O–H groups in total. The Bertz CT molecular complexity index is 2070. The van der Waals surface area contributed by atoms with E-state index in [0.29, 0.717) is 56.7 Å². The van der Waals surface area contributed by atoms with Crippen molar-refractivity contribution in [3.63, 3.8) is 0 Å². The molecule has 1 fully saturated rings. The third-order valence-corrected chi connectivity index (χ3v) is 11.5. The lowest BCUT2D eigenvalue weighted by atomic mass is 9.96. The summed E-state index contributed by atoms with van der Waals surface area (Å²) in [7, 11) is -1.23. The molecule has 11 nitrogen and oxygen atoms in total. The Morgan fingerprint density at radius 1 is 0.614 bits per heavy atom. The number of fused-ring (bicyclic) bond motifs is 1. The van der Waals surface area contributed by atoms with E-state index in [2.05, 4.69) is 59.2 Å². The molecule has 0 amide bonds. The average molecular weight is 788 g/mol. The fraction of sp³-hybridized carbons (Fsp3) is 0.356. The molecule has 1 saturated heterocycles. The number of benzene rings is 4. The van der Waals surface area contributed by atoms with Crippen LogP contribution < -0.4 is 5.32 Å². The van der Waals surface area contributed by atoms with Gasteiger partial charge in [0, 0.05) is 14.7 Å². The molecule has 4 aromatic carbocycles. The van der Waals surface area contributed by atoms with Gasteiger partial charge in [-0.05, 0) is 28.3 Å².